The Balaban J connectivity index is 1.43. The van der Waals surface area contributed by atoms with Gasteiger partial charge in [0.05, 0.1) is 13.7 Å². The second-order valence-electron chi connectivity index (χ2n) is 7.94. The number of piperazine rings is 1. The number of hydrogen-bond donors (Lipinski definition) is 1. The Bertz CT molecular complexity index is 632. The maximum absolute atomic E-state index is 13.5. The van der Waals surface area contributed by atoms with Crippen molar-refractivity contribution in [1.82, 2.24) is 15.1 Å². The summed E-state index contributed by atoms with van der Waals surface area (Å²) in [5, 5.41) is 3.24. The van der Waals surface area contributed by atoms with Crippen LogP contribution in [0.15, 0.2) is 18.2 Å². The zero-order valence-electron chi connectivity index (χ0n) is 16.5. The minimum absolute atomic E-state index is 0.147. The number of rotatable bonds is 6. The molecule has 0 unspecified atom stereocenters. The van der Waals surface area contributed by atoms with E-state index in [0.717, 1.165) is 43.9 Å². The molecule has 1 amide bonds. The Labute approximate surface area is 161 Å². The molecule has 3 rings (SSSR count). The zero-order valence-corrected chi connectivity index (χ0v) is 16.5. The largest absolute Gasteiger partial charge is 0.496 e. The van der Waals surface area contributed by atoms with E-state index in [4.69, 9.17) is 4.74 Å². The van der Waals surface area contributed by atoms with E-state index in [2.05, 4.69) is 22.0 Å². The second-order valence-corrected chi connectivity index (χ2v) is 7.94. The maximum atomic E-state index is 13.5. The molecule has 2 fully saturated rings. The third-order valence-corrected chi connectivity index (χ3v) is 5.93. The zero-order chi connectivity index (χ0) is 19.2. The van der Waals surface area contributed by atoms with Gasteiger partial charge in [0.15, 0.2) is 0 Å². The molecule has 1 saturated heterocycles. The predicted octanol–water partition coefficient (Wildman–Crippen LogP) is 2.65. The van der Waals surface area contributed by atoms with E-state index >= 15 is 0 Å². The standard InChI is InChI=1S/C21H32FN3O2/c1-16-5-3-4-6-19(16)23-21(26)15-25-11-9-24(10-12-25)14-17-13-18(22)7-8-20(17)27-2/h7-8,13,16,19H,3-6,9-12,14-15H2,1-2H3,(H,23,26)/t16-,19+/m1/s1. The quantitative estimate of drug-likeness (QED) is 0.828. The summed E-state index contributed by atoms with van der Waals surface area (Å²) in [4.78, 5) is 16.9. The predicted molar refractivity (Wildman–Crippen MR) is 104 cm³/mol. The molecule has 6 heteroatoms. The summed E-state index contributed by atoms with van der Waals surface area (Å²) in [7, 11) is 1.61. The number of hydrogen-bond acceptors (Lipinski definition) is 4. The van der Waals surface area contributed by atoms with Crippen LogP contribution >= 0.6 is 0 Å². The first-order valence-electron chi connectivity index (χ1n) is 10.1. The molecule has 2 aliphatic rings. The number of nitrogens with one attached hydrogen (secondary N) is 1. The number of amides is 1. The minimum Gasteiger partial charge on any atom is -0.496 e. The molecule has 0 aromatic heterocycles. The third-order valence-electron chi connectivity index (χ3n) is 5.93. The first-order valence-corrected chi connectivity index (χ1v) is 10.1. The molecule has 0 spiro atoms. The SMILES string of the molecule is COc1ccc(F)cc1CN1CCN(CC(=O)N[C@H]2CCCC[C@H]2C)CC1. The molecule has 1 aliphatic heterocycles. The van der Waals surface area contributed by atoms with Crippen molar-refractivity contribution in [2.45, 2.75) is 45.2 Å². The van der Waals surface area contributed by atoms with Gasteiger partial charge in [0.1, 0.15) is 11.6 Å². The molecule has 1 aromatic rings. The van der Waals surface area contributed by atoms with Crippen LogP contribution in [0.4, 0.5) is 4.39 Å². The molecule has 1 heterocycles. The van der Waals surface area contributed by atoms with Gasteiger partial charge in [-0.05, 0) is 37.0 Å². The number of ether oxygens (including phenoxy) is 1. The van der Waals surface area contributed by atoms with E-state index in [9.17, 15) is 9.18 Å². The van der Waals surface area contributed by atoms with Crippen LogP contribution in [0, 0.1) is 11.7 Å². The molecular weight excluding hydrogens is 345 g/mol. The van der Waals surface area contributed by atoms with Gasteiger partial charge in [0.25, 0.3) is 0 Å². The van der Waals surface area contributed by atoms with Gasteiger partial charge in [0.2, 0.25) is 5.91 Å². The third kappa shape index (κ3) is 5.66. The fourth-order valence-corrected chi connectivity index (χ4v) is 4.20. The van der Waals surface area contributed by atoms with Crippen molar-refractivity contribution in [3.63, 3.8) is 0 Å². The molecule has 1 saturated carbocycles. The Hall–Kier alpha value is -1.66. The molecule has 0 radical (unpaired) electrons. The minimum atomic E-state index is -0.238. The number of benzene rings is 1. The van der Waals surface area contributed by atoms with E-state index in [1.165, 1.54) is 25.3 Å². The molecule has 1 aliphatic carbocycles. The van der Waals surface area contributed by atoms with Gasteiger partial charge < -0.3 is 10.1 Å². The molecule has 27 heavy (non-hydrogen) atoms. The molecule has 150 valence electrons. The van der Waals surface area contributed by atoms with Gasteiger partial charge in [-0.3, -0.25) is 14.6 Å². The average molecular weight is 378 g/mol. The summed E-state index contributed by atoms with van der Waals surface area (Å²) in [6, 6.07) is 4.99. The number of methoxy groups -OCH3 is 1. The molecule has 2 atom stereocenters. The van der Waals surface area contributed by atoms with Gasteiger partial charge in [-0.1, -0.05) is 19.8 Å². The second kappa shape index (κ2) is 9.51. The smallest absolute Gasteiger partial charge is 0.234 e. The van der Waals surface area contributed by atoms with Crippen molar-refractivity contribution in [2.75, 3.05) is 39.8 Å². The first-order chi connectivity index (χ1) is 13.0. The molecule has 5 nitrogen and oxygen atoms in total. The molecule has 1 N–H and O–H groups in total. The van der Waals surface area contributed by atoms with Crippen molar-refractivity contribution in [3.05, 3.63) is 29.6 Å². The van der Waals surface area contributed by atoms with Crippen LogP contribution in [0.2, 0.25) is 0 Å². The van der Waals surface area contributed by atoms with Gasteiger partial charge >= 0.3 is 0 Å². The number of halogens is 1. The lowest BCUT2D eigenvalue weighted by Gasteiger charge is -2.35. The molecular formula is C21H32FN3O2. The fourth-order valence-electron chi connectivity index (χ4n) is 4.20. The first kappa shape index (κ1) is 20.1. The Morgan fingerprint density at radius 3 is 2.59 bits per heavy atom. The normalized spacial score (nSPS) is 24.6. The molecule has 1 aromatic carbocycles. The highest BCUT2D eigenvalue weighted by Gasteiger charge is 2.25. The van der Waals surface area contributed by atoms with Crippen LogP contribution in [0.3, 0.4) is 0 Å². The van der Waals surface area contributed by atoms with E-state index in [-0.39, 0.29) is 11.7 Å². The van der Waals surface area contributed by atoms with Crippen molar-refractivity contribution in [3.8, 4) is 5.75 Å². The van der Waals surface area contributed by atoms with Crippen LogP contribution in [-0.2, 0) is 11.3 Å². The monoisotopic (exact) mass is 377 g/mol. The number of carbonyl (C=O) groups is 1. The summed E-state index contributed by atoms with van der Waals surface area (Å²) in [5.74, 6) is 1.22. The Kier molecular flexibility index (Phi) is 7.07. The highest BCUT2D eigenvalue weighted by molar-refractivity contribution is 5.78. The highest BCUT2D eigenvalue weighted by Crippen LogP contribution is 2.24. The lowest BCUT2D eigenvalue weighted by atomic mass is 9.86. The van der Waals surface area contributed by atoms with Crippen molar-refractivity contribution >= 4 is 5.91 Å². The van der Waals surface area contributed by atoms with Crippen molar-refractivity contribution < 1.29 is 13.9 Å². The van der Waals surface area contributed by atoms with Crippen LogP contribution in [0.5, 0.6) is 5.75 Å². The van der Waals surface area contributed by atoms with Gasteiger partial charge in [-0.25, -0.2) is 4.39 Å². The van der Waals surface area contributed by atoms with Crippen LogP contribution < -0.4 is 10.1 Å². The van der Waals surface area contributed by atoms with Crippen LogP contribution in [-0.4, -0.2) is 61.6 Å². The summed E-state index contributed by atoms with van der Waals surface area (Å²) in [6.07, 6.45) is 4.83. The van der Waals surface area contributed by atoms with Gasteiger partial charge in [-0.2, -0.15) is 0 Å². The fraction of sp³-hybridized carbons (Fsp3) is 0.667. The van der Waals surface area contributed by atoms with Gasteiger partial charge in [-0.15, -0.1) is 0 Å². The van der Waals surface area contributed by atoms with Crippen molar-refractivity contribution in [1.29, 1.82) is 0 Å². The summed E-state index contributed by atoms with van der Waals surface area (Å²) < 4.78 is 18.9. The van der Waals surface area contributed by atoms with Gasteiger partial charge in [0, 0.05) is 44.3 Å². The van der Waals surface area contributed by atoms with Crippen LogP contribution in [0.25, 0.3) is 0 Å². The lowest BCUT2D eigenvalue weighted by molar-refractivity contribution is -0.124. The summed E-state index contributed by atoms with van der Waals surface area (Å²) >= 11 is 0. The van der Waals surface area contributed by atoms with E-state index in [0.29, 0.717) is 25.0 Å². The molecule has 0 bridgehead atoms. The average Bonchev–Trinajstić information content (AvgIpc) is 2.65. The topological polar surface area (TPSA) is 44.8 Å². The van der Waals surface area contributed by atoms with E-state index in [1.807, 2.05) is 0 Å². The summed E-state index contributed by atoms with van der Waals surface area (Å²) in [5.41, 5.74) is 0.870. The Morgan fingerprint density at radius 2 is 1.89 bits per heavy atom. The van der Waals surface area contributed by atoms with E-state index in [1.54, 1.807) is 19.2 Å². The van der Waals surface area contributed by atoms with Crippen LogP contribution in [0.1, 0.15) is 38.2 Å². The lowest BCUT2D eigenvalue weighted by Crippen LogP contribution is -2.51. The number of carbonyl (C=O) groups excluding carboxylic acids is 1. The highest BCUT2D eigenvalue weighted by atomic mass is 19.1. The van der Waals surface area contributed by atoms with Crippen molar-refractivity contribution in [2.24, 2.45) is 5.92 Å². The Morgan fingerprint density at radius 1 is 1.19 bits per heavy atom. The number of nitrogens with zero attached hydrogens (tertiary/aromatic N) is 2. The summed E-state index contributed by atoms with van der Waals surface area (Å²) in [6.45, 7) is 6.82. The maximum Gasteiger partial charge on any atom is 0.234 e. The van der Waals surface area contributed by atoms with E-state index < -0.39 is 0 Å².